The van der Waals surface area contributed by atoms with Crippen molar-refractivity contribution in [3.63, 3.8) is 0 Å². The lowest BCUT2D eigenvalue weighted by Gasteiger charge is -2.15. The maximum Gasteiger partial charge on any atom is 0.177 e. The van der Waals surface area contributed by atoms with Crippen molar-refractivity contribution < 1.29 is 9.13 Å². The zero-order chi connectivity index (χ0) is 25.5. The standard InChI is InChI=1S/C28H24FN7OS/c29-24-6-5-23(38-24)27-26-22(7-8-31-27)32-28(33-26)25-20-14-17(3-4-21(20)34-35-25)18-13-19(16-30-15-18)37-12-11-36-9-1-2-10-36/h3-8,13-16H,1-2,9-12H2,(H,32,33)(H,34,35). The minimum atomic E-state index is -0.254. The first-order chi connectivity index (χ1) is 18.7. The number of rotatable bonds is 7. The fourth-order valence-electron chi connectivity index (χ4n) is 5.00. The van der Waals surface area contributed by atoms with Crippen molar-refractivity contribution in [2.75, 3.05) is 26.2 Å². The Labute approximate surface area is 221 Å². The molecule has 0 unspecified atom stereocenters. The minimum absolute atomic E-state index is 0.254. The van der Waals surface area contributed by atoms with E-state index in [0.717, 1.165) is 69.1 Å². The largest absolute Gasteiger partial charge is 0.491 e. The lowest BCUT2D eigenvalue weighted by atomic mass is 10.0. The van der Waals surface area contributed by atoms with Gasteiger partial charge >= 0.3 is 0 Å². The molecule has 1 aliphatic heterocycles. The molecule has 6 aromatic rings. The van der Waals surface area contributed by atoms with Crippen LogP contribution in [0.4, 0.5) is 4.39 Å². The number of pyridine rings is 2. The molecule has 190 valence electrons. The van der Waals surface area contributed by atoms with Gasteiger partial charge < -0.3 is 9.72 Å². The van der Waals surface area contributed by atoms with E-state index in [1.165, 1.54) is 18.9 Å². The number of imidazole rings is 1. The van der Waals surface area contributed by atoms with E-state index in [-0.39, 0.29) is 5.13 Å². The smallest absolute Gasteiger partial charge is 0.177 e. The van der Waals surface area contributed by atoms with Crippen LogP contribution in [0.3, 0.4) is 0 Å². The van der Waals surface area contributed by atoms with Gasteiger partial charge in [0.25, 0.3) is 0 Å². The van der Waals surface area contributed by atoms with Gasteiger partial charge in [0.1, 0.15) is 29.3 Å². The number of aromatic nitrogens is 6. The van der Waals surface area contributed by atoms with Crippen LogP contribution in [0, 0.1) is 5.13 Å². The number of nitrogens with one attached hydrogen (secondary N) is 2. The van der Waals surface area contributed by atoms with Crippen LogP contribution >= 0.6 is 11.3 Å². The highest BCUT2D eigenvalue weighted by molar-refractivity contribution is 7.13. The number of likely N-dealkylation sites (tertiary alicyclic amines) is 1. The molecule has 5 aromatic heterocycles. The maximum atomic E-state index is 13.7. The summed E-state index contributed by atoms with van der Waals surface area (Å²) in [6.07, 6.45) is 7.85. The molecule has 38 heavy (non-hydrogen) atoms. The van der Waals surface area contributed by atoms with Gasteiger partial charge in [0.15, 0.2) is 11.0 Å². The van der Waals surface area contributed by atoms with E-state index in [1.807, 2.05) is 30.5 Å². The number of halogens is 1. The van der Waals surface area contributed by atoms with E-state index in [0.29, 0.717) is 29.3 Å². The highest BCUT2D eigenvalue weighted by Crippen LogP contribution is 2.34. The van der Waals surface area contributed by atoms with Crippen LogP contribution in [-0.4, -0.2) is 61.3 Å². The molecule has 0 aliphatic carbocycles. The number of H-pyrrole nitrogens is 2. The average Bonchev–Trinajstić information content (AvgIpc) is 3.74. The minimum Gasteiger partial charge on any atom is -0.491 e. The van der Waals surface area contributed by atoms with E-state index in [2.05, 4.69) is 36.1 Å². The molecule has 8 nitrogen and oxygen atoms in total. The molecule has 0 spiro atoms. The van der Waals surface area contributed by atoms with Crippen LogP contribution < -0.4 is 4.74 Å². The van der Waals surface area contributed by atoms with Crippen LogP contribution in [0.1, 0.15) is 12.8 Å². The Morgan fingerprint density at radius 2 is 1.89 bits per heavy atom. The van der Waals surface area contributed by atoms with Crippen molar-refractivity contribution in [1.82, 2.24) is 35.0 Å². The van der Waals surface area contributed by atoms with E-state index >= 15 is 0 Å². The first-order valence-electron chi connectivity index (χ1n) is 12.6. The van der Waals surface area contributed by atoms with Gasteiger partial charge in [-0.3, -0.25) is 20.0 Å². The van der Waals surface area contributed by atoms with Gasteiger partial charge in [-0.25, -0.2) is 4.98 Å². The Morgan fingerprint density at radius 3 is 2.76 bits per heavy atom. The number of hydrogen-bond donors (Lipinski definition) is 2. The second-order valence-corrected chi connectivity index (χ2v) is 10.4. The Morgan fingerprint density at radius 1 is 0.974 bits per heavy atom. The third-order valence-corrected chi connectivity index (χ3v) is 7.80. The topological polar surface area (TPSA) is 95.6 Å². The molecule has 0 radical (unpaired) electrons. The summed E-state index contributed by atoms with van der Waals surface area (Å²) in [5.74, 6) is 1.38. The Balaban J connectivity index is 1.20. The van der Waals surface area contributed by atoms with Crippen molar-refractivity contribution in [2.24, 2.45) is 0 Å². The Kier molecular flexibility index (Phi) is 5.82. The predicted octanol–water partition coefficient (Wildman–Crippen LogP) is 5.91. The van der Waals surface area contributed by atoms with E-state index < -0.39 is 0 Å². The fraction of sp³-hybridized carbons (Fsp3) is 0.214. The number of thiophene rings is 1. The maximum absolute atomic E-state index is 13.7. The molecule has 6 heterocycles. The lowest BCUT2D eigenvalue weighted by Crippen LogP contribution is -2.25. The molecule has 0 bridgehead atoms. The first-order valence-corrected chi connectivity index (χ1v) is 13.4. The van der Waals surface area contributed by atoms with Crippen LogP contribution in [-0.2, 0) is 0 Å². The molecule has 0 atom stereocenters. The number of nitrogens with zero attached hydrogens (tertiary/aromatic N) is 5. The Bertz CT molecular complexity index is 1750. The Hall–Kier alpha value is -4.15. The number of hydrogen-bond acceptors (Lipinski definition) is 7. The third-order valence-electron chi connectivity index (χ3n) is 6.92. The van der Waals surface area contributed by atoms with Crippen LogP contribution in [0.5, 0.6) is 5.75 Å². The number of ether oxygens (including phenoxy) is 1. The molecule has 1 saturated heterocycles. The molecule has 1 fully saturated rings. The summed E-state index contributed by atoms with van der Waals surface area (Å²) < 4.78 is 19.7. The molecule has 10 heteroatoms. The summed E-state index contributed by atoms with van der Waals surface area (Å²) in [6.45, 7) is 3.90. The lowest BCUT2D eigenvalue weighted by molar-refractivity contribution is 0.237. The average molecular weight is 526 g/mol. The van der Waals surface area contributed by atoms with Crippen molar-refractivity contribution in [2.45, 2.75) is 12.8 Å². The fourth-order valence-corrected chi connectivity index (χ4v) is 5.73. The van der Waals surface area contributed by atoms with Crippen molar-refractivity contribution in [3.05, 3.63) is 66.2 Å². The summed E-state index contributed by atoms with van der Waals surface area (Å²) in [5, 5.41) is 8.34. The summed E-state index contributed by atoms with van der Waals surface area (Å²) in [6, 6.07) is 13.2. The highest BCUT2D eigenvalue weighted by atomic mass is 32.1. The van der Waals surface area contributed by atoms with Gasteiger partial charge in [-0.05, 0) is 67.9 Å². The third kappa shape index (κ3) is 4.31. The second kappa shape index (κ2) is 9.62. The van der Waals surface area contributed by atoms with E-state index in [4.69, 9.17) is 9.72 Å². The summed E-state index contributed by atoms with van der Waals surface area (Å²) in [4.78, 5) is 20.2. The monoisotopic (exact) mass is 525 g/mol. The summed E-state index contributed by atoms with van der Waals surface area (Å²) >= 11 is 1.05. The van der Waals surface area contributed by atoms with Gasteiger partial charge in [-0.15, -0.1) is 11.3 Å². The predicted molar refractivity (Wildman–Crippen MR) is 147 cm³/mol. The summed E-state index contributed by atoms with van der Waals surface area (Å²) in [5.41, 5.74) is 5.71. The zero-order valence-electron chi connectivity index (χ0n) is 20.4. The van der Waals surface area contributed by atoms with Crippen molar-refractivity contribution in [3.8, 4) is 39.0 Å². The van der Waals surface area contributed by atoms with Crippen molar-refractivity contribution in [1.29, 1.82) is 0 Å². The van der Waals surface area contributed by atoms with Crippen LogP contribution in [0.25, 0.3) is 55.2 Å². The first kappa shape index (κ1) is 23.0. The van der Waals surface area contributed by atoms with Gasteiger partial charge in [-0.2, -0.15) is 9.49 Å². The molecular weight excluding hydrogens is 501 g/mol. The van der Waals surface area contributed by atoms with Crippen molar-refractivity contribution >= 4 is 33.3 Å². The molecule has 1 aliphatic rings. The highest BCUT2D eigenvalue weighted by Gasteiger charge is 2.17. The van der Waals surface area contributed by atoms with Crippen LogP contribution in [0.15, 0.2) is 61.1 Å². The number of fused-ring (bicyclic) bond motifs is 2. The summed E-state index contributed by atoms with van der Waals surface area (Å²) in [7, 11) is 0. The number of aromatic amines is 2. The molecule has 1 aromatic carbocycles. The van der Waals surface area contributed by atoms with E-state index in [9.17, 15) is 4.39 Å². The molecule has 7 rings (SSSR count). The molecular formula is C28H24FN7OS. The van der Waals surface area contributed by atoms with Gasteiger partial charge in [0.05, 0.1) is 22.1 Å². The molecule has 0 amide bonds. The number of benzene rings is 1. The molecule has 0 saturated carbocycles. The second-order valence-electron chi connectivity index (χ2n) is 9.38. The quantitative estimate of drug-likeness (QED) is 0.269. The van der Waals surface area contributed by atoms with Gasteiger partial charge in [0, 0.05) is 29.9 Å². The van der Waals surface area contributed by atoms with E-state index in [1.54, 1.807) is 18.5 Å². The zero-order valence-corrected chi connectivity index (χ0v) is 21.3. The van der Waals surface area contributed by atoms with Crippen LogP contribution in [0.2, 0.25) is 0 Å². The van der Waals surface area contributed by atoms with Gasteiger partial charge in [0.2, 0.25) is 0 Å². The normalized spacial score (nSPS) is 14.1. The van der Waals surface area contributed by atoms with Gasteiger partial charge in [-0.1, -0.05) is 6.07 Å². The molecule has 2 N–H and O–H groups in total. The SMILES string of the molecule is Fc1ccc(-c2nccc3[nH]c(-c4n[nH]c5ccc(-c6cncc(OCCN7CCCC7)c6)cc45)nc23)s1.